The second kappa shape index (κ2) is 6.75. The lowest BCUT2D eigenvalue weighted by atomic mass is 9.75. The molecule has 0 aromatic rings. The molecule has 0 radical (unpaired) electrons. The van der Waals surface area contributed by atoms with Crippen LogP contribution in [0.5, 0.6) is 0 Å². The third kappa shape index (κ3) is 5.39. The molecule has 0 spiro atoms. The van der Waals surface area contributed by atoms with Gasteiger partial charge in [0, 0.05) is 0 Å². The SMILES string of the molecule is CC(C)[CH-]COOC(C)(C)C1CCC(C)CC1. The molecule has 1 aliphatic carbocycles. The van der Waals surface area contributed by atoms with E-state index in [2.05, 4.69) is 41.0 Å². The minimum Gasteiger partial charge on any atom is -0.298 e. The van der Waals surface area contributed by atoms with Gasteiger partial charge in [-0.15, -0.1) is 0 Å². The Morgan fingerprint density at radius 2 is 1.76 bits per heavy atom. The summed E-state index contributed by atoms with van der Waals surface area (Å²) in [7, 11) is 0. The summed E-state index contributed by atoms with van der Waals surface area (Å²) in [6.45, 7) is 11.5. The van der Waals surface area contributed by atoms with Gasteiger partial charge in [0.15, 0.2) is 0 Å². The molecule has 0 saturated heterocycles. The Labute approximate surface area is 107 Å². The zero-order valence-corrected chi connectivity index (χ0v) is 12.2. The van der Waals surface area contributed by atoms with Crippen molar-refractivity contribution >= 4 is 0 Å². The fraction of sp³-hybridized carbons (Fsp3) is 0.933. The Morgan fingerprint density at radius 3 is 2.29 bits per heavy atom. The van der Waals surface area contributed by atoms with Gasteiger partial charge >= 0.3 is 0 Å². The monoisotopic (exact) mass is 241 g/mol. The summed E-state index contributed by atoms with van der Waals surface area (Å²) in [4.78, 5) is 11.0. The molecule has 2 heteroatoms. The van der Waals surface area contributed by atoms with Crippen LogP contribution in [0, 0.1) is 24.2 Å². The third-order valence-corrected chi connectivity index (χ3v) is 3.91. The Bertz CT molecular complexity index is 203. The predicted molar refractivity (Wildman–Crippen MR) is 71.4 cm³/mol. The first-order chi connectivity index (χ1) is 7.92. The number of hydrogen-bond donors (Lipinski definition) is 0. The largest absolute Gasteiger partial charge is 0.298 e. The van der Waals surface area contributed by atoms with Crippen molar-refractivity contribution in [3.8, 4) is 0 Å². The van der Waals surface area contributed by atoms with Crippen LogP contribution in [0.25, 0.3) is 0 Å². The van der Waals surface area contributed by atoms with Crippen LogP contribution >= 0.6 is 0 Å². The lowest BCUT2D eigenvalue weighted by Gasteiger charge is -2.37. The van der Waals surface area contributed by atoms with Crippen LogP contribution in [0.1, 0.15) is 60.3 Å². The van der Waals surface area contributed by atoms with Crippen LogP contribution in [0.4, 0.5) is 0 Å². The molecule has 1 rings (SSSR count). The average molecular weight is 241 g/mol. The maximum atomic E-state index is 5.62. The Balaban J connectivity index is 2.25. The van der Waals surface area contributed by atoms with Gasteiger partial charge in [-0.25, -0.2) is 4.89 Å². The Morgan fingerprint density at radius 1 is 1.18 bits per heavy atom. The van der Waals surface area contributed by atoms with Gasteiger partial charge in [0.05, 0.1) is 0 Å². The summed E-state index contributed by atoms with van der Waals surface area (Å²) < 4.78 is 0. The second-order valence-corrected chi connectivity index (χ2v) is 6.41. The van der Waals surface area contributed by atoms with Gasteiger partial charge in [0.1, 0.15) is 5.60 Å². The van der Waals surface area contributed by atoms with E-state index < -0.39 is 0 Å². The standard InChI is InChI=1S/C15H29O2/c1-12(2)10-11-16-17-15(4,5)14-8-6-13(3)7-9-14/h10,12-14H,6-9,11H2,1-5H3/q-1. The summed E-state index contributed by atoms with van der Waals surface area (Å²) in [6.07, 6.45) is 7.32. The molecule has 1 fully saturated rings. The number of hydrogen-bond acceptors (Lipinski definition) is 2. The van der Waals surface area contributed by atoms with Crippen molar-refractivity contribution in [3.05, 3.63) is 6.42 Å². The predicted octanol–water partition coefficient (Wildman–Crippen LogP) is 4.40. The van der Waals surface area contributed by atoms with Crippen LogP contribution in [0.2, 0.25) is 0 Å². The molecule has 0 atom stereocenters. The van der Waals surface area contributed by atoms with E-state index in [1.807, 2.05) is 0 Å². The summed E-state index contributed by atoms with van der Waals surface area (Å²) >= 11 is 0. The van der Waals surface area contributed by atoms with E-state index in [0.717, 1.165) is 5.92 Å². The molecule has 1 aliphatic rings. The molecule has 1 saturated carbocycles. The number of rotatable bonds is 6. The molecule has 0 amide bonds. The molecule has 0 aromatic carbocycles. The first-order valence-electron chi connectivity index (χ1n) is 7.05. The first kappa shape index (κ1) is 15.0. The highest BCUT2D eigenvalue weighted by molar-refractivity contribution is 4.82. The van der Waals surface area contributed by atoms with Crippen molar-refractivity contribution in [2.75, 3.05) is 6.61 Å². The minimum absolute atomic E-state index is 0.148. The van der Waals surface area contributed by atoms with Gasteiger partial charge in [-0.2, -0.15) is 5.92 Å². The van der Waals surface area contributed by atoms with Crippen molar-refractivity contribution in [1.82, 2.24) is 0 Å². The highest BCUT2D eigenvalue weighted by Gasteiger charge is 2.33. The van der Waals surface area contributed by atoms with Gasteiger partial charge in [-0.3, -0.25) is 11.3 Å². The van der Waals surface area contributed by atoms with Gasteiger partial charge in [-0.05, 0) is 45.1 Å². The van der Waals surface area contributed by atoms with E-state index in [4.69, 9.17) is 9.78 Å². The smallest absolute Gasteiger partial charge is 0.101 e. The molecule has 102 valence electrons. The van der Waals surface area contributed by atoms with Crippen molar-refractivity contribution in [1.29, 1.82) is 0 Å². The highest BCUT2D eigenvalue weighted by Crippen LogP contribution is 2.37. The van der Waals surface area contributed by atoms with E-state index in [-0.39, 0.29) is 5.60 Å². The van der Waals surface area contributed by atoms with E-state index >= 15 is 0 Å². The molecule has 0 heterocycles. The van der Waals surface area contributed by atoms with Crippen LogP contribution in [-0.2, 0) is 9.78 Å². The highest BCUT2D eigenvalue weighted by atomic mass is 17.2. The van der Waals surface area contributed by atoms with Crippen LogP contribution in [-0.4, -0.2) is 12.2 Å². The fourth-order valence-corrected chi connectivity index (χ4v) is 2.44. The molecular formula is C15H29O2-. The lowest BCUT2D eigenvalue weighted by Crippen LogP contribution is -2.37. The van der Waals surface area contributed by atoms with E-state index in [1.165, 1.54) is 25.7 Å². The fourth-order valence-electron chi connectivity index (χ4n) is 2.44. The Kier molecular flexibility index (Phi) is 5.94. The van der Waals surface area contributed by atoms with Crippen LogP contribution in [0.3, 0.4) is 0 Å². The minimum atomic E-state index is -0.148. The van der Waals surface area contributed by atoms with E-state index in [0.29, 0.717) is 18.4 Å². The molecule has 0 unspecified atom stereocenters. The zero-order chi connectivity index (χ0) is 12.9. The van der Waals surface area contributed by atoms with E-state index in [9.17, 15) is 0 Å². The zero-order valence-electron chi connectivity index (χ0n) is 12.2. The maximum absolute atomic E-state index is 5.62. The van der Waals surface area contributed by atoms with Gasteiger partial charge in [-0.1, -0.05) is 33.6 Å². The summed E-state index contributed by atoms with van der Waals surface area (Å²) in [5.74, 6) is 2.08. The topological polar surface area (TPSA) is 18.5 Å². The maximum Gasteiger partial charge on any atom is 0.101 e. The van der Waals surface area contributed by atoms with Crippen LogP contribution < -0.4 is 0 Å². The molecular weight excluding hydrogens is 212 g/mol. The van der Waals surface area contributed by atoms with Crippen LogP contribution in [0.15, 0.2) is 0 Å². The summed E-state index contributed by atoms with van der Waals surface area (Å²) in [5.41, 5.74) is -0.148. The van der Waals surface area contributed by atoms with Gasteiger partial charge in [0.25, 0.3) is 0 Å². The van der Waals surface area contributed by atoms with Crippen molar-refractivity contribution in [2.24, 2.45) is 17.8 Å². The van der Waals surface area contributed by atoms with Gasteiger partial charge in [0.2, 0.25) is 0 Å². The van der Waals surface area contributed by atoms with Crippen molar-refractivity contribution < 1.29 is 9.78 Å². The summed E-state index contributed by atoms with van der Waals surface area (Å²) in [6, 6.07) is 0. The van der Waals surface area contributed by atoms with Crippen molar-refractivity contribution in [2.45, 2.75) is 65.9 Å². The Hall–Kier alpha value is -0.0800. The van der Waals surface area contributed by atoms with E-state index in [1.54, 1.807) is 0 Å². The summed E-state index contributed by atoms with van der Waals surface area (Å²) in [5, 5.41) is 0. The third-order valence-electron chi connectivity index (χ3n) is 3.91. The molecule has 0 N–H and O–H groups in total. The molecule has 17 heavy (non-hydrogen) atoms. The van der Waals surface area contributed by atoms with Gasteiger partial charge < -0.3 is 0 Å². The molecule has 0 aromatic heterocycles. The average Bonchev–Trinajstić information content (AvgIpc) is 2.25. The molecule has 2 nitrogen and oxygen atoms in total. The molecule has 0 aliphatic heterocycles. The lowest BCUT2D eigenvalue weighted by molar-refractivity contribution is -0.362. The first-order valence-corrected chi connectivity index (χ1v) is 7.05. The second-order valence-electron chi connectivity index (χ2n) is 6.41. The normalized spacial score (nSPS) is 26.5. The van der Waals surface area contributed by atoms with Crippen molar-refractivity contribution in [3.63, 3.8) is 0 Å². The molecule has 0 bridgehead atoms. The quantitative estimate of drug-likeness (QED) is 0.297.